The molecule has 0 saturated carbocycles. The molecule has 6 heteroatoms. The van der Waals surface area contributed by atoms with E-state index < -0.39 is 0 Å². The Morgan fingerprint density at radius 2 is 2.14 bits per heavy atom. The van der Waals surface area contributed by atoms with Crippen LogP contribution in [0.1, 0.15) is 13.8 Å². The summed E-state index contributed by atoms with van der Waals surface area (Å²) in [5, 5.41) is 9.43. The van der Waals surface area contributed by atoms with Crippen LogP contribution in [0.25, 0.3) is 22.3 Å². The Morgan fingerprint density at radius 1 is 1.32 bits per heavy atom. The number of H-pyrrole nitrogens is 1. The summed E-state index contributed by atoms with van der Waals surface area (Å²) in [6.45, 7) is 3.74. The lowest BCUT2D eigenvalue weighted by Crippen LogP contribution is -2.24. The third-order valence-corrected chi connectivity index (χ3v) is 4.76. The van der Waals surface area contributed by atoms with Crippen molar-refractivity contribution in [2.45, 2.75) is 13.8 Å². The van der Waals surface area contributed by atoms with E-state index in [2.05, 4.69) is 27.2 Å². The van der Waals surface area contributed by atoms with Gasteiger partial charge >= 0.3 is 0 Å². The molecule has 3 heterocycles. The van der Waals surface area contributed by atoms with Crippen molar-refractivity contribution in [2.75, 3.05) is 5.01 Å². The molecule has 1 atom stereocenters. The van der Waals surface area contributed by atoms with Gasteiger partial charge in [0.15, 0.2) is 0 Å². The Balaban J connectivity index is 1.71. The zero-order chi connectivity index (χ0) is 15.3. The Kier molecular flexibility index (Phi) is 2.87. The summed E-state index contributed by atoms with van der Waals surface area (Å²) >= 11 is 1.43. The number of fused-ring (bicyclic) bond motifs is 1. The van der Waals surface area contributed by atoms with Gasteiger partial charge in [0.25, 0.3) is 5.91 Å². The number of carbonyl (C=O) groups excluding carboxylic acids is 1. The second-order valence-corrected chi connectivity index (χ2v) is 6.24. The highest BCUT2D eigenvalue weighted by Gasteiger charge is 2.32. The van der Waals surface area contributed by atoms with Crippen LogP contribution in [-0.2, 0) is 4.79 Å². The van der Waals surface area contributed by atoms with Crippen LogP contribution < -0.4 is 5.01 Å². The van der Waals surface area contributed by atoms with E-state index in [-0.39, 0.29) is 11.8 Å². The fraction of sp³-hybridized carbons (Fsp3) is 0.188. The van der Waals surface area contributed by atoms with Gasteiger partial charge in [0.1, 0.15) is 0 Å². The van der Waals surface area contributed by atoms with Crippen LogP contribution >= 0.6 is 11.3 Å². The molecule has 1 unspecified atom stereocenters. The predicted molar refractivity (Wildman–Crippen MR) is 89.2 cm³/mol. The molecule has 0 radical (unpaired) electrons. The first-order valence-electron chi connectivity index (χ1n) is 7.06. The number of hydrazone groups is 1. The predicted octanol–water partition coefficient (Wildman–Crippen LogP) is 3.65. The molecule has 0 bridgehead atoms. The fourth-order valence-corrected chi connectivity index (χ4v) is 3.27. The summed E-state index contributed by atoms with van der Waals surface area (Å²) < 4.78 is 0. The molecule has 22 heavy (non-hydrogen) atoms. The SMILES string of the molecule is CC1=NN(c2nc(-c3cc4ccccc4[nH]3)cs2)C(=O)C1C. The molecule has 3 aromatic rings. The molecule has 1 aromatic carbocycles. The van der Waals surface area contributed by atoms with Crippen molar-refractivity contribution in [1.29, 1.82) is 0 Å². The van der Waals surface area contributed by atoms with Crippen molar-refractivity contribution >= 4 is 39.0 Å². The minimum absolute atomic E-state index is 0.0185. The molecule has 1 aliphatic heterocycles. The summed E-state index contributed by atoms with van der Waals surface area (Å²) in [6.07, 6.45) is 0. The van der Waals surface area contributed by atoms with Crippen molar-refractivity contribution in [2.24, 2.45) is 11.0 Å². The topological polar surface area (TPSA) is 61.4 Å². The minimum Gasteiger partial charge on any atom is -0.353 e. The standard InChI is InChI=1S/C16H14N4OS/c1-9-10(2)19-20(15(9)21)16-18-14(8-22-16)13-7-11-5-3-4-6-12(11)17-13/h3-9,17H,1-2H3. The molecule has 1 N–H and O–H groups in total. The highest BCUT2D eigenvalue weighted by molar-refractivity contribution is 7.14. The van der Waals surface area contributed by atoms with E-state index in [1.807, 2.05) is 37.4 Å². The van der Waals surface area contributed by atoms with Gasteiger partial charge in [-0.2, -0.15) is 10.1 Å². The largest absolute Gasteiger partial charge is 0.353 e. The first kappa shape index (κ1) is 13.2. The van der Waals surface area contributed by atoms with Gasteiger partial charge in [-0.05, 0) is 26.0 Å². The number of hydrogen-bond acceptors (Lipinski definition) is 4. The van der Waals surface area contributed by atoms with Gasteiger partial charge < -0.3 is 4.98 Å². The summed E-state index contributed by atoms with van der Waals surface area (Å²) in [6, 6.07) is 10.2. The number of aromatic nitrogens is 2. The second kappa shape index (κ2) is 4.78. The monoisotopic (exact) mass is 310 g/mol. The van der Waals surface area contributed by atoms with Crippen LogP contribution in [0.15, 0.2) is 40.8 Å². The number of rotatable bonds is 2. The fourth-order valence-electron chi connectivity index (χ4n) is 2.49. The molecule has 4 rings (SSSR count). The van der Waals surface area contributed by atoms with Crippen molar-refractivity contribution in [3.05, 3.63) is 35.7 Å². The number of anilines is 1. The van der Waals surface area contributed by atoms with Crippen molar-refractivity contribution in [1.82, 2.24) is 9.97 Å². The first-order valence-corrected chi connectivity index (χ1v) is 7.94. The van der Waals surface area contributed by atoms with Crippen LogP contribution in [-0.4, -0.2) is 21.6 Å². The lowest BCUT2D eigenvalue weighted by Gasteiger charge is -2.07. The average molecular weight is 310 g/mol. The van der Waals surface area contributed by atoms with Crippen LogP contribution in [0.5, 0.6) is 0 Å². The summed E-state index contributed by atoms with van der Waals surface area (Å²) in [5.41, 5.74) is 3.68. The van der Waals surface area contributed by atoms with Gasteiger partial charge in [-0.1, -0.05) is 18.2 Å². The normalized spacial score (nSPS) is 18.3. The molecule has 2 aromatic heterocycles. The van der Waals surface area contributed by atoms with Crippen molar-refractivity contribution in [3.63, 3.8) is 0 Å². The van der Waals surface area contributed by atoms with Crippen molar-refractivity contribution < 1.29 is 4.79 Å². The Bertz CT molecular complexity index is 875. The van der Waals surface area contributed by atoms with Crippen LogP contribution in [0.4, 0.5) is 5.13 Å². The number of amides is 1. The third kappa shape index (κ3) is 1.95. The van der Waals surface area contributed by atoms with Gasteiger partial charge in [-0.25, -0.2) is 4.98 Å². The van der Waals surface area contributed by atoms with E-state index >= 15 is 0 Å². The Morgan fingerprint density at radius 3 is 2.86 bits per heavy atom. The maximum atomic E-state index is 12.2. The second-order valence-electron chi connectivity index (χ2n) is 5.40. The molecule has 0 fully saturated rings. The number of thiazole rings is 1. The van der Waals surface area contributed by atoms with E-state index in [4.69, 9.17) is 0 Å². The summed E-state index contributed by atoms with van der Waals surface area (Å²) in [7, 11) is 0. The molecular weight excluding hydrogens is 296 g/mol. The van der Waals surface area contributed by atoms with Crippen LogP contribution in [0.3, 0.4) is 0 Å². The maximum absolute atomic E-state index is 12.2. The number of hydrogen-bond donors (Lipinski definition) is 1. The number of carbonyl (C=O) groups is 1. The van der Waals surface area contributed by atoms with Gasteiger partial charge in [-0.15, -0.1) is 11.3 Å². The first-order chi connectivity index (χ1) is 10.6. The lowest BCUT2D eigenvalue weighted by molar-refractivity contribution is -0.119. The average Bonchev–Trinajstić information content (AvgIpc) is 3.21. The summed E-state index contributed by atoms with van der Waals surface area (Å²) in [4.78, 5) is 20.1. The summed E-state index contributed by atoms with van der Waals surface area (Å²) in [5.74, 6) is -0.185. The molecule has 1 aliphatic rings. The number of para-hydroxylation sites is 1. The van der Waals surface area contributed by atoms with E-state index in [0.29, 0.717) is 5.13 Å². The molecular formula is C16H14N4OS. The van der Waals surface area contributed by atoms with E-state index in [0.717, 1.165) is 28.0 Å². The quantitative estimate of drug-likeness (QED) is 0.785. The lowest BCUT2D eigenvalue weighted by atomic mass is 10.1. The molecule has 5 nitrogen and oxygen atoms in total. The van der Waals surface area contributed by atoms with Gasteiger partial charge in [0, 0.05) is 22.0 Å². The molecule has 0 spiro atoms. The molecule has 1 amide bonds. The zero-order valence-corrected chi connectivity index (χ0v) is 13.0. The van der Waals surface area contributed by atoms with Gasteiger partial charge in [-0.3, -0.25) is 4.79 Å². The number of benzene rings is 1. The van der Waals surface area contributed by atoms with E-state index in [1.54, 1.807) is 0 Å². The van der Waals surface area contributed by atoms with Crippen LogP contribution in [0, 0.1) is 5.92 Å². The van der Waals surface area contributed by atoms with Crippen LogP contribution in [0.2, 0.25) is 0 Å². The highest BCUT2D eigenvalue weighted by atomic mass is 32.1. The Labute approximate surface area is 131 Å². The number of aromatic amines is 1. The molecule has 110 valence electrons. The molecule has 0 aliphatic carbocycles. The van der Waals surface area contributed by atoms with E-state index in [1.165, 1.54) is 16.3 Å². The highest BCUT2D eigenvalue weighted by Crippen LogP contribution is 2.31. The van der Waals surface area contributed by atoms with E-state index in [9.17, 15) is 4.79 Å². The maximum Gasteiger partial charge on any atom is 0.258 e. The third-order valence-electron chi connectivity index (χ3n) is 3.94. The zero-order valence-electron chi connectivity index (χ0n) is 12.2. The molecule has 0 saturated heterocycles. The number of nitrogens with one attached hydrogen (secondary N) is 1. The Hall–Kier alpha value is -2.47. The number of nitrogens with zero attached hydrogens (tertiary/aromatic N) is 3. The smallest absolute Gasteiger partial charge is 0.258 e. The van der Waals surface area contributed by atoms with Gasteiger partial charge in [0.05, 0.1) is 17.3 Å². The van der Waals surface area contributed by atoms with Gasteiger partial charge in [0.2, 0.25) is 5.13 Å². The van der Waals surface area contributed by atoms with Crippen molar-refractivity contribution in [3.8, 4) is 11.4 Å². The minimum atomic E-state index is -0.166.